The summed E-state index contributed by atoms with van der Waals surface area (Å²) in [7, 11) is 1.43. The average molecular weight is 531 g/mol. The molecule has 2 amide bonds. The summed E-state index contributed by atoms with van der Waals surface area (Å²) in [6.07, 6.45) is 0. The molecule has 1 saturated heterocycles. The summed E-state index contributed by atoms with van der Waals surface area (Å²) in [5.41, 5.74) is 1.77. The van der Waals surface area contributed by atoms with Crippen molar-refractivity contribution in [3.8, 4) is 0 Å². The van der Waals surface area contributed by atoms with Crippen LogP contribution in [0, 0.1) is 11.8 Å². The van der Waals surface area contributed by atoms with Crippen LogP contribution >= 0.6 is 24.0 Å². The predicted molar refractivity (Wildman–Crippen MR) is 130 cm³/mol. The molecule has 2 unspecified atom stereocenters. The van der Waals surface area contributed by atoms with Gasteiger partial charge in [0.2, 0.25) is 0 Å². The Morgan fingerprint density at radius 3 is 2.47 bits per heavy atom. The van der Waals surface area contributed by atoms with Crippen molar-refractivity contribution in [3.05, 3.63) is 29.8 Å². The molecule has 1 aliphatic rings. The molecule has 1 heterocycles. The van der Waals surface area contributed by atoms with Crippen LogP contribution in [0.1, 0.15) is 33.3 Å². The monoisotopic (exact) mass is 531 g/mol. The lowest BCUT2D eigenvalue weighted by atomic mass is 9.99. The van der Waals surface area contributed by atoms with Crippen LogP contribution in [0.4, 0.5) is 10.5 Å². The number of esters is 1. The highest BCUT2D eigenvalue weighted by molar-refractivity contribution is 14.0. The van der Waals surface area contributed by atoms with E-state index in [1.807, 2.05) is 45.0 Å². The van der Waals surface area contributed by atoms with Crippen LogP contribution in [0.15, 0.2) is 29.3 Å². The molecule has 30 heavy (non-hydrogen) atoms. The normalized spacial score (nSPS) is 18.6. The van der Waals surface area contributed by atoms with Crippen LogP contribution in [0.2, 0.25) is 0 Å². The molecule has 3 N–H and O–H groups in total. The Bertz CT molecular complexity index is 724. The lowest BCUT2D eigenvalue weighted by Gasteiger charge is -2.21. The zero-order valence-corrected chi connectivity index (χ0v) is 20.7. The fourth-order valence-electron chi connectivity index (χ4n) is 3.31. The van der Waals surface area contributed by atoms with Gasteiger partial charge >= 0.3 is 12.0 Å². The molecule has 2 rings (SSSR count). The fraction of sp³-hybridized carbons (Fsp3) is 0.571. The van der Waals surface area contributed by atoms with E-state index >= 15 is 0 Å². The third-order valence-electron chi connectivity index (χ3n) is 4.79. The Morgan fingerprint density at radius 2 is 1.90 bits per heavy atom. The number of ether oxygens (including phenoxy) is 1. The predicted octanol–water partition coefficient (Wildman–Crippen LogP) is 3.04. The minimum atomic E-state index is -0.219. The summed E-state index contributed by atoms with van der Waals surface area (Å²) < 4.78 is 4.92. The molecule has 0 bridgehead atoms. The summed E-state index contributed by atoms with van der Waals surface area (Å²) in [6, 6.07) is 7.49. The third-order valence-corrected chi connectivity index (χ3v) is 4.79. The molecule has 0 aromatic heterocycles. The van der Waals surface area contributed by atoms with Crippen LogP contribution in [0.25, 0.3) is 0 Å². The number of benzene rings is 1. The van der Waals surface area contributed by atoms with Crippen molar-refractivity contribution >= 4 is 47.6 Å². The molecule has 1 fully saturated rings. The molecule has 0 saturated carbocycles. The van der Waals surface area contributed by atoms with Crippen molar-refractivity contribution in [1.29, 1.82) is 0 Å². The van der Waals surface area contributed by atoms with Gasteiger partial charge in [0.25, 0.3) is 0 Å². The number of methoxy groups -OCH3 is 1. The second-order valence-electron chi connectivity index (χ2n) is 7.63. The summed E-state index contributed by atoms with van der Waals surface area (Å²) in [4.78, 5) is 30.6. The first-order valence-electron chi connectivity index (χ1n) is 10.1. The molecule has 0 aliphatic carbocycles. The Morgan fingerprint density at radius 1 is 1.23 bits per heavy atom. The van der Waals surface area contributed by atoms with Crippen molar-refractivity contribution in [2.75, 3.05) is 32.1 Å². The van der Waals surface area contributed by atoms with E-state index in [0.29, 0.717) is 13.1 Å². The highest BCUT2D eigenvalue weighted by atomic mass is 127. The Balaban J connectivity index is 0.00000450. The molecule has 168 valence electrons. The van der Waals surface area contributed by atoms with E-state index in [-0.39, 0.29) is 53.9 Å². The summed E-state index contributed by atoms with van der Waals surface area (Å²) in [6.45, 7) is 10.5. The zero-order valence-electron chi connectivity index (χ0n) is 18.4. The van der Waals surface area contributed by atoms with E-state index in [4.69, 9.17) is 9.73 Å². The second-order valence-corrected chi connectivity index (χ2v) is 7.63. The number of hydrogen-bond donors (Lipinski definition) is 3. The molecule has 1 aromatic rings. The maximum Gasteiger partial charge on any atom is 0.319 e. The fourth-order valence-corrected chi connectivity index (χ4v) is 3.31. The van der Waals surface area contributed by atoms with Gasteiger partial charge in [0, 0.05) is 31.4 Å². The molecular formula is C21H34IN5O3. The lowest BCUT2D eigenvalue weighted by molar-refractivity contribution is -0.145. The Hall–Kier alpha value is -2.04. The number of guanidine groups is 1. The van der Waals surface area contributed by atoms with Crippen LogP contribution in [0.5, 0.6) is 0 Å². The van der Waals surface area contributed by atoms with Crippen LogP contribution in [-0.2, 0) is 16.1 Å². The van der Waals surface area contributed by atoms with Gasteiger partial charge in [-0.15, -0.1) is 24.0 Å². The molecule has 1 aromatic carbocycles. The number of nitrogens with one attached hydrogen (secondary N) is 3. The van der Waals surface area contributed by atoms with Crippen LogP contribution < -0.4 is 16.0 Å². The van der Waals surface area contributed by atoms with Gasteiger partial charge in [0.05, 0.1) is 19.6 Å². The number of amides is 2. The number of anilines is 1. The number of aliphatic imine (C=N–C) groups is 1. The number of halogens is 1. The Labute approximate surface area is 196 Å². The van der Waals surface area contributed by atoms with Crippen molar-refractivity contribution in [1.82, 2.24) is 15.5 Å². The van der Waals surface area contributed by atoms with Gasteiger partial charge in [0.15, 0.2) is 5.96 Å². The van der Waals surface area contributed by atoms with Crippen molar-refractivity contribution in [2.45, 2.75) is 40.3 Å². The molecule has 1 aliphatic heterocycles. The maximum atomic E-state index is 12.0. The van der Waals surface area contributed by atoms with Gasteiger partial charge in [0.1, 0.15) is 0 Å². The van der Waals surface area contributed by atoms with E-state index in [1.165, 1.54) is 7.11 Å². The molecule has 8 nitrogen and oxygen atoms in total. The SMILES string of the molecule is CCNC(=NCc1ccc(NC(=O)NC(C)C)cc1)N1CC(C)C(C(=O)OC)C1.I. The van der Waals surface area contributed by atoms with Gasteiger partial charge in [-0.1, -0.05) is 19.1 Å². The number of rotatable bonds is 6. The maximum absolute atomic E-state index is 12.0. The summed E-state index contributed by atoms with van der Waals surface area (Å²) in [5.74, 6) is 0.713. The largest absolute Gasteiger partial charge is 0.469 e. The van der Waals surface area contributed by atoms with Gasteiger partial charge in [-0.25, -0.2) is 9.79 Å². The van der Waals surface area contributed by atoms with Crippen LogP contribution in [-0.4, -0.2) is 55.6 Å². The number of carbonyl (C=O) groups is 2. The quantitative estimate of drug-likeness (QED) is 0.227. The first kappa shape index (κ1) is 26.0. The number of likely N-dealkylation sites (tertiary alicyclic amines) is 1. The molecule has 0 spiro atoms. The molecule has 9 heteroatoms. The van der Waals surface area contributed by atoms with E-state index in [2.05, 4.69) is 27.8 Å². The first-order valence-corrected chi connectivity index (χ1v) is 10.1. The smallest absolute Gasteiger partial charge is 0.319 e. The third kappa shape index (κ3) is 7.66. The van der Waals surface area contributed by atoms with Crippen molar-refractivity contribution in [3.63, 3.8) is 0 Å². The number of nitrogens with zero attached hydrogens (tertiary/aromatic N) is 2. The number of hydrogen-bond acceptors (Lipinski definition) is 4. The molecule has 0 radical (unpaired) electrons. The first-order chi connectivity index (χ1) is 13.8. The molecular weight excluding hydrogens is 497 g/mol. The topological polar surface area (TPSA) is 95.1 Å². The Kier molecular flexibility index (Phi) is 10.9. The van der Waals surface area contributed by atoms with Gasteiger partial charge < -0.3 is 25.6 Å². The van der Waals surface area contributed by atoms with Crippen LogP contribution in [0.3, 0.4) is 0 Å². The standard InChI is InChI=1S/C21H33N5O3.HI/c1-6-22-20(26-12-15(4)18(13-26)19(27)29-5)23-11-16-7-9-17(10-8-16)25-21(28)24-14(2)3;/h7-10,14-15,18H,6,11-13H2,1-5H3,(H,22,23)(H2,24,25,28);1H. The van der Waals surface area contributed by atoms with Gasteiger partial charge in [-0.2, -0.15) is 0 Å². The van der Waals surface area contributed by atoms with Crippen molar-refractivity contribution in [2.24, 2.45) is 16.8 Å². The highest BCUT2D eigenvalue weighted by Crippen LogP contribution is 2.24. The summed E-state index contributed by atoms with van der Waals surface area (Å²) >= 11 is 0. The van der Waals surface area contributed by atoms with E-state index in [0.717, 1.165) is 30.3 Å². The minimum Gasteiger partial charge on any atom is -0.469 e. The zero-order chi connectivity index (χ0) is 21.4. The van der Waals surface area contributed by atoms with Gasteiger partial charge in [-0.3, -0.25) is 4.79 Å². The van der Waals surface area contributed by atoms with Gasteiger partial charge in [-0.05, 0) is 44.4 Å². The summed E-state index contributed by atoms with van der Waals surface area (Å²) in [5, 5.41) is 8.90. The minimum absolute atomic E-state index is 0. The number of urea groups is 1. The molecule has 2 atom stereocenters. The highest BCUT2D eigenvalue weighted by Gasteiger charge is 2.36. The number of carbonyl (C=O) groups excluding carboxylic acids is 2. The van der Waals surface area contributed by atoms with E-state index < -0.39 is 0 Å². The average Bonchev–Trinajstić information content (AvgIpc) is 3.06. The second kappa shape index (κ2) is 12.6. The van der Waals surface area contributed by atoms with E-state index in [1.54, 1.807) is 0 Å². The van der Waals surface area contributed by atoms with Crippen molar-refractivity contribution < 1.29 is 14.3 Å². The lowest BCUT2D eigenvalue weighted by Crippen LogP contribution is -2.40. The van der Waals surface area contributed by atoms with E-state index in [9.17, 15) is 9.59 Å².